The number of fused-ring (bicyclic) bond motifs is 1. The number of pyridine rings is 2. The Hall–Kier alpha value is -4.20. The molecule has 1 amide bonds. The molecule has 33 heavy (non-hydrogen) atoms. The minimum absolute atomic E-state index is 0.0334. The third-order valence-corrected chi connectivity index (χ3v) is 6.15. The van der Waals surface area contributed by atoms with Gasteiger partial charge in [0.25, 0.3) is 0 Å². The molecule has 11 heteroatoms. The van der Waals surface area contributed by atoms with Crippen LogP contribution in [0.3, 0.4) is 0 Å². The quantitative estimate of drug-likeness (QED) is 0.450. The lowest BCUT2D eigenvalue weighted by Crippen LogP contribution is -2.49. The summed E-state index contributed by atoms with van der Waals surface area (Å²) in [5.74, 6) is 0.500. The zero-order valence-corrected chi connectivity index (χ0v) is 17.4. The Labute approximate surface area is 188 Å². The summed E-state index contributed by atoms with van der Waals surface area (Å²) in [4.78, 5) is 19.7. The maximum atomic E-state index is 14.8. The molecule has 0 bridgehead atoms. The van der Waals surface area contributed by atoms with Crippen molar-refractivity contribution in [2.45, 2.75) is 31.3 Å². The number of hydrogen-bond acceptors (Lipinski definition) is 7. The summed E-state index contributed by atoms with van der Waals surface area (Å²) < 4.78 is 16.4. The van der Waals surface area contributed by atoms with Gasteiger partial charge in [0.15, 0.2) is 17.5 Å². The normalized spacial score (nSPS) is 23.2. The average molecular weight is 448 g/mol. The molecule has 3 aromatic heterocycles. The Morgan fingerprint density at radius 1 is 1.18 bits per heavy atom. The lowest BCUT2D eigenvalue weighted by Gasteiger charge is -2.32. The van der Waals surface area contributed by atoms with E-state index >= 15 is 0 Å². The number of halogens is 1. The molecular weight excluding hydrogens is 427 g/mol. The minimum Gasteiger partial charge on any atom is -0.465 e. The fraction of sp³-hybridized carbons (Fsp3) is 0.318. The van der Waals surface area contributed by atoms with E-state index in [0.29, 0.717) is 29.6 Å². The zero-order chi connectivity index (χ0) is 22.9. The highest BCUT2D eigenvalue weighted by Crippen LogP contribution is 2.50. The second kappa shape index (κ2) is 8.38. The predicted octanol–water partition coefficient (Wildman–Crippen LogP) is 3.26. The van der Waals surface area contributed by atoms with Crippen LogP contribution in [0.15, 0.2) is 43.0 Å². The van der Waals surface area contributed by atoms with Gasteiger partial charge in [-0.25, -0.2) is 18.9 Å². The number of amides is 1. The van der Waals surface area contributed by atoms with Crippen LogP contribution in [0, 0.1) is 29.0 Å². The predicted molar refractivity (Wildman–Crippen MR) is 117 cm³/mol. The largest absolute Gasteiger partial charge is 0.465 e. The number of anilines is 3. The van der Waals surface area contributed by atoms with Crippen LogP contribution in [0.25, 0.3) is 5.69 Å². The Morgan fingerprint density at radius 3 is 2.73 bits per heavy atom. The van der Waals surface area contributed by atoms with Crippen molar-refractivity contribution in [2.24, 2.45) is 11.8 Å². The molecule has 4 N–H and O–H groups in total. The molecule has 2 aliphatic rings. The first-order valence-corrected chi connectivity index (χ1v) is 10.6. The van der Waals surface area contributed by atoms with Crippen LogP contribution in [-0.4, -0.2) is 43.0 Å². The van der Waals surface area contributed by atoms with Gasteiger partial charge in [0.1, 0.15) is 6.07 Å². The second-order valence-electron chi connectivity index (χ2n) is 8.37. The number of carboxylic acid groups (broad SMARTS) is 1. The molecule has 2 fully saturated rings. The van der Waals surface area contributed by atoms with E-state index in [0.717, 1.165) is 18.9 Å². The smallest absolute Gasteiger partial charge is 0.404 e. The van der Waals surface area contributed by atoms with Crippen LogP contribution in [0.4, 0.5) is 26.5 Å². The summed E-state index contributed by atoms with van der Waals surface area (Å²) in [7, 11) is 0. The van der Waals surface area contributed by atoms with Crippen LogP contribution >= 0.6 is 0 Å². The van der Waals surface area contributed by atoms with Crippen molar-refractivity contribution in [1.29, 1.82) is 5.26 Å². The van der Waals surface area contributed by atoms with E-state index in [1.165, 1.54) is 0 Å². The van der Waals surface area contributed by atoms with E-state index in [4.69, 9.17) is 0 Å². The fourth-order valence-electron chi connectivity index (χ4n) is 4.47. The topological polar surface area (TPSA) is 141 Å². The van der Waals surface area contributed by atoms with Gasteiger partial charge in [-0.15, -0.1) is 0 Å². The molecule has 4 atom stereocenters. The van der Waals surface area contributed by atoms with Gasteiger partial charge in [-0.1, -0.05) is 0 Å². The molecule has 0 aromatic carbocycles. The molecule has 0 aliphatic heterocycles. The first kappa shape index (κ1) is 20.7. The third kappa shape index (κ3) is 4.41. The SMILES string of the molecule is N#Cc1cc(F)c(N[C@@H]2CC3CC3C[C@@H]2NC(=O)O)nc1Nc1cncc(-n2cccn2)c1. The van der Waals surface area contributed by atoms with E-state index in [1.807, 2.05) is 6.07 Å². The Balaban J connectivity index is 1.40. The highest BCUT2D eigenvalue weighted by atomic mass is 19.1. The molecule has 3 heterocycles. The van der Waals surface area contributed by atoms with E-state index in [9.17, 15) is 19.6 Å². The molecule has 2 aliphatic carbocycles. The van der Waals surface area contributed by atoms with Crippen molar-refractivity contribution in [3.8, 4) is 11.8 Å². The average Bonchev–Trinajstić information content (AvgIpc) is 3.31. The van der Waals surface area contributed by atoms with Crippen LogP contribution < -0.4 is 16.0 Å². The number of nitrogens with one attached hydrogen (secondary N) is 3. The van der Waals surface area contributed by atoms with E-state index in [1.54, 1.807) is 41.6 Å². The monoisotopic (exact) mass is 448 g/mol. The first-order chi connectivity index (χ1) is 16.0. The van der Waals surface area contributed by atoms with Gasteiger partial charge in [-0.2, -0.15) is 10.4 Å². The molecule has 0 saturated heterocycles. The molecule has 10 nitrogen and oxygen atoms in total. The Morgan fingerprint density at radius 2 is 2.00 bits per heavy atom. The molecule has 2 saturated carbocycles. The van der Waals surface area contributed by atoms with Gasteiger partial charge >= 0.3 is 6.09 Å². The Kier molecular flexibility index (Phi) is 5.26. The number of rotatable bonds is 6. The third-order valence-electron chi connectivity index (χ3n) is 6.15. The van der Waals surface area contributed by atoms with Gasteiger partial charge in [-0.05, 0) is 49.3 Å². The molecule has 2 unspecified atom stereocenters. The van der Waals surface area contributed by atoms with Crippen LogP contribution in [-0.2, 0) is 0 Å². The van der Waals surface area contributed by atoms with Gasteiger partial charge < -0.3 is 21.1 Å². The van der Waals surface area contributed by atoms with Crippen molar-refractivity contribution in [2.75, 3.05) is 10.6 Å². The van der Waals surface area contributed by atoms with Crippen molar-refractivity contribution in [3.05, 3.63) is 54.4 Å². The van der Waals surface area contributed by atoms with Crippen molar-refractivity contribution in [3.63, 3.8) is 0 Å². The fourth-order valence-corrected chi connectivity index (χ4v) is 4.47. The number of aromatic nitrogens is 4. The Bertz CT molecular complexity index is 1230. The summed E-state index contributed by atoms with van der Waals surface area (Å²) in [6, 6.07) is 6.01. The maximum Gasteiger partial charge on any atom is 0.404 e. The molecule has 3 aromatic rings. The molecule has 0 spiro atoms. The summed E-state index contributed by atoms with van der Waals surface area (Å²) in [6.45, 7) is 0. The summed E-state index contributed by atoms with van der Waals surface area (Å²) in [5, 5.41) is 31.5. The van der Waals surface area contributed by atoms with Crippen LogP contribution in [0.2, 0.25) is 0 Å². The van der Waals surface area contributed by atoms with Gasteiger partial charge in [0.05, 0.1) is 35.4 Å². The van der Waals surface area contributed by atoms with Crippen molar-refractivity contribution >= 4 is 23.4 Å². The summed E-state index contributed by atoms with van der Waals surface area (Å²) in [5.41, 5.74) is 1.29. The number of nitrogens with zero attached hydrogens (tertiary/aromatic N) is 5. The number of carbonyl (C=O) groups is 1. The van der Waals surface area contributed by atoms with Gasteiger partial charge in [-0.3, -0.25) is 4.98 Å². The number of hydrogen-bond donors (Lipinski definition) is 4. The molecule has 0 radical (unpaired) electrons. The van der Waals surface area contributed by atoms with E-state index in [2.05, 4.69) is 31.0 Å². The lowest BCUT2D eigenvalue weighted by molar-refractivity contribution is 0.183. The van der Waals surface area contributed by atoms with Crippen LogP contribution in [0.5, 0.6) is 0 Å². The van der Waals surface area contributed by atoms with Gasteiger partial charge in [0.2, 0.25) is 0 Å². The first-order valence-electron chi connectivity index (χ1n) is 10.6. The highest BCUT2D eigenvalue weighted by molar-refractivity contribution is 5.67. The summed E-state index contributed by atoms with van der Waals surface area (Å²) in [6.07, 6.45) is 8.02. The zero-order valence-electron chi connectivity index (χ0n) is 17.4. The molecular formula is C22H21FN8O2. The van der Waals surface area contributed by atoms with Gasteiger partial charge in [0, 0.05) is 18.4 Å². The second-order valence-corrected chi connectivity index (χ2v) is 8.37. The number of nitriles is 1. The van der Waals surface area contributed by atoms with Crippen molar-refractivity contribution < 1.29 is 14.3 Å². The van der Waals surface area contributed by atoms with E-state index < -0.39 is 11.9 Å². The molecule has 168 valence electrons. The standard InChI is InChI=1S/C22H21FN8O2/c23-17-5-14(9-24)20(27-15-8-16(11-25-10-15)31-3-1-2-26-31)30-21(17)28-18-6-12-4-13(12)7-19(18)29-22(32)33/h1-3,5,8,10-13,18-19,29H,4,6-7H2,(H,32,33)(H2,27,28,30)/t12?,13?,18-,19+/m1/s1. The minimum atomic E-state index is -1.11. The van der Waals surface area contributed by atoms with E-state index in [-0.39, 0.29) is 29.3 Å². The molecule has 5 rings (SSSR count). The summed E-state index contributed by atoms with van der Waals surface area (Å²) >= 11 is 0. The van der Waals surface area contributed by atoms with Crippen molar-refractivity contribution in [1.82, 2.24) is 25.1 Å². The maximum absolute atomic E-state index is 14.8. The lowest BCUT2D eigenvalue weighted by atomic mass is 9.90. The van der Waals surface area contributed by atoms with Crippen LogP contribution in [0.1, 0.15) is 24.8 Å². The highest BCUT2D eigenvalue weighted by Gasteiger charge is 2.47.